The minimum atomic E-state index is -0.250. The molecule has 0 saturated carbocycles. The van der Waals surface area contributed by atoms with E-state index < -0.39 is 0 Å². The molecule has 0 fully saturated rings. The van der Waals surface area contributed by atoms with Crippen molar-refractivity contribution in [2.45, 2.75) is 19.9 Å². The van der Waals surface area contributed by atoms with E-state index >= 15 is 0 Å². The lowest BCUT2D eigenvalue weighted by molar-refractivity contribution is 0.784. The molecule has 2 heterocycles. The second-order valence-corrected chi connectivity index (χ2v) is 3.89. The Morgan fingerprint density at radius 2 is 1.31 bits per heavy atom. The van der Waals surface area contributed by atoms with Crippen LogP contribution in [0.25, 0.3) is 0 Å². The number of nitrogens with zero attached hydrogens (tertiary/aromatic N) is 2. The maximum atomic E-state index is 6.13. The van der Waals surface area contributed by atoms with Crippen LogP contribution in [0.15, 0.2) is 36.4 Å². The van der Waals surface area contributed by atoms with Gasteiger partial charge < -0.3 is 5.73 Å². The molecule has 0 aliphatic rings. The van der Waals surface area contributed by atoms with E-state index in [0.717, 1.165) is 22.8 Å². The van der Waals surface area contributed by atoms with Crippen molar-refractivity contribution in [3.8, 4) is 0 Å². The second-order valence-electron chi connectivity index (χ2n) is 3.89. The van der Waals surface area contributed by atoms with Gasteiger partial charge in [-0.1, -0.05) is 12.1 Å². The molecule has 2 aromatic heterocycles. The molecule has 2 N–H and O–H groups in total. The van der Waals surface area contributed by atoms with Crippen LogP contribution in [0.5, 0.6) is 0 Å². The molecule has 0 amide bonds. The first-order valence-electron chi connectivity index (χ1n) is 5.29. The van der Waals surface area contributed by atoms with Gasteiger partial charge in [-0.2, -0.15) is 0 Å². The van der Waals surface area contributed by atoms with Gasteiger partial charge in [-0.25, -0.2) is 0 Å². The summed E-state index contributed by atoms with van der Waals surface area (Å²) in [5, 5.41) is 0. The average molecular weight is 213 g/mol. The zero-order valence-corrected chi connectivity index (χ0v) is 9.51. The summed E-state index contributed by atoms with van der Waals surface area (Å²) in [7, 11) is 0. The van der Waals surface area contributed by atoms with Crippen molar-refractivity contribution >= 4 is 0 Å². The van der Waals surface area contributed by atoms with Crippen molar-refractivity contribution in [2.75, 3.05) is 0 Å². The molecular weight excluding hydrogens is 198 g/mol. The topological polar surface area (TPSA) is 51.8 Å². The van der Waals surface area contributed by atoms with Gasteiger partial charge in [0, 0.05) is 11.4 Å². The van der Waals surface area contributed by atoms with E-state index in [0.29, 0.717) is 0 Å². The smallest absolute Gasteiger partial charge is 0.0900 e. The van der Waals surface area contributed by atoms with Crippen molar-refractivity contribution < 1.29 is 0 Å². The predicted molar refractivity (Wildman–Crippen MR) is 64.0 cm³/mol. The lowest BCUT2D eigenvalue weighted by atomic mass is 10.1. The highest BCUT2D eigenvalue weighted by molar-refractivity contribution is 5.23. The SMILES string of the molecule is Cc1cccc(C(N)c2cccc(C)n2)n1. The molecule has 0 spiro atoms. The molecule has 2 aromatic rings. The molecule has 0 aromatic carbocycles. The van der Waals surface area contributed by atoms with Crippen molar-refractivity contribution in [3.63, 3.8) is 0 Å². The Balaban J connectivity index is 2.35. The van der Waals surface area contributed by atoms with Crippen LogP contribution in [0.1, 0.15) is 28.8 Å². The highest BCUT2D eigenvalue weighted by Gasteiger charge is 2.11. The summed E-state index contributed by atoms with van der Waals surface area (Å²) in [6.07, 6.45) is 0. The van der Waals surface area contributed by atoms with Crippen molar-refractivity contribution in [3.05, 3.63) is 59.2 Å². The molecule has 3 nitrogen and oxygen atoms in total. The molecular formula is C13H15N3. The molecule has 16 heavy (non-hydrogen) atoms. The fourth-order valence-electron chi connectivity index (χ4n) is 1.63. The molecule has 0 aliphatic heterocycles. The fraction of sp³-hybridized carbons (Fsp3) is 0.231. The van der Waals surface area contributed by atoms with E-state index in [4.69, 9.17) is 5.73 Å². The third-order valence-electron chi connectivity index (χ3n) is 2.46. The maximum absolute atomic E-state index is 6.13. The number of aryl methyl sites for hydroxylation is 2. The first-order chi connectivity index (χ1) is 7.66. The Morgan fingerprint density at radius 3 is 1.69 bits per heavy atom. The Hall–Kier alpha value is -1.74. The van der Waals surface area contributed by atoms with Gasteiger partial charge >= 0.3 is 0 Å². The number of hydrogen-bond acceptors (Lipinski definition) is 3. The minimum Gasteiger partial charge on any atom is -0.318 e. The number of hydrogen-bond donors (Lipinski definition) is 1. The van der Waals surface area contributed by atoms with E-state index in [1.54, 1.807) is 0 Å². The van der Waals surface area contributed by atoms with Crippen LogP contribution in [0, 0.1) is 13.8 Å². The summed E-state index contributed by atoms with van der Waals surface area (Å²) in [4.78, 5) is 8.83. The summed E-state index contributed by atoms with van der Waals surface area (Å²) < 4.78 is 0. The van der Waals surface area contributed by atoms with Gasteiger partial charge in [0.1, 0.15) is 0 Å². The lowest BCUT2D eigenvalue weighted by Crippen LogP contribution is -2.15. The second kappa shape index (κ2) is 4.41. The lowest BCUT2D eigenvalue weighted by Gasteiger charge is -2.11. The first kappa shape index (κ1) is 10.8. The molecule has 0 saturated heterocycles. The van der Waals surface area contributed by atoms with Gasteiger partial charge in [-0.3, -0.25) is 9.97 Å². The summed E-state index contributed by atoms with van der Waals surface area (Å²) >= 11 is 0. The number of nitrogens with two attached hydrogens (primary N) is 1. The number of rotatable bonds is 2. The van der Waals surface area contributed by atoms with E-state index in [1.807, 2.05) is 50.2 Å². The van der Waals surface area contributed by atoms with Crippen LogP contribution in [0.3, 0.4) is 0 Å². The quantitative estimate of drug-likeness (QED) is 0.831. The van der Waals surface area contributed by atoms with Gasteiger partial charge in [0.15, 0.2) is 0 Å². The molecule has 0 atom stereocenters. The standard InChI is InChI=1S/C13H15N3/c1-9-5-3-7-11(15-9)13(14)12-8-4-6-10(2)16-12/h3-8,13H,14H2,1-2H3. The largest absolute Gasteiger partial charge is 0.318 e. The molecule has 0 bridgehead atoms. The van der Waals surface area contributed by atoms with Crippen LogP contribution < -0.4 is 5.73 Å². The molecule has 82 valence electrons. The van der Waals surface area contributed by atoms with E-state index in [1.165, 1.54) is 0 Å². The zero-order valence-electron chi connectivity index (χ0n) is 9.51. The van der Waals surface area contributed by atoms with Gasteiger partial charge in [-0.15, -0.1) is 0 Å². The maximum Gasteiger partial charge on any atom is 0.0900 e. The Bertz CT molecular complexity index is 449. The van der Waals surface area contributed by atoms with Gasteiger partial charge in [-0.05, 0) is 38.1 Å². The average Bonchev–Trinajstić information content (AvgIpc) is 2.28. The van der Waals surface area contributed by atoms with Crippen LogP contribution in [-0.2, 0) is 0 Å². The summed E-state index contributed by atoms with van der Waals surface area (Å²) in [5.74, 6) is 0. The number of aromatic nitrogens is 2. The van der Waals surface area contributed by atoms with Crippen LogP contribution in [0.2, 0.25) is 0 Å². The third kappa shape index (κ3) is 2.25. The van der Waals surface area contributed by atoms with Crippen molar-refractivity contribution in [2.24, 2.45) is 5.73 Å². The minimum absolute atomic E-state index is 0.250. The Kier molecular flexibility index (Phi) is 2.97. The molecule has 3 heteroatoms. The van der Waals surface area contributed by atoms with Crippen molar-refractivity contribution in [1.29, 1.82) is 0 Å². The van der Waals surface area contributed by atoms with Gasteiger partial charge in [0.25, 0.3) is 0 Å². The highest BCUT2D eigenvalue weighted by Crippen LogP contribution is 2.16. The Morgan fingerprint density at radius 1 is 0.875 bits per heavy atom. The van der Waals surface area contributed by atoms with E-state index in [-0.39, 0.29) is 6.04 Å². The zero-order chi connectivity index (χ0) is 11.5. The third-order valence-corrected chi connectivity index (χ3v) is 2.46. The van der Waals surface area contributed by atoms with Crippen LogP contribution >= 0.6 is 0 Å². The van der Waals surface area contributed by atoms with Gasteiger partial charge in [0.05, 0.1) is 17.4 Å². The summed E-state index contributed by atoms with van der Waals surface area (Å²) in [6, 6.07) is 11.5. The highest BCUT2D eigenvalue weighted by atomic mass is 14.8. The molecule has 0 aliphatic carbocycles. The van der Waals surface area contributed by atoms with Crippen LogP contribution in [0.4, 0.5) is 0 Å². The normalized spacial score (nSPS) is 10.8. The van der Waals surface area contributed by atoms with E-state index in [9.17, 15) is 0 Å². The first-order valence-corrected chi connectivity index (χ1v) is 5.29. The molecule has 0 radical (unpaired) electrons. The summed E-state index contributed by atoms with van der Waals surface area (Å²) in [5.41, 5.74) is 9.79. The molecule has 0 unspecified atom stereocenters. The van der Waals surface area contributed by atoms with Crippen LogP contribution in [-0.4, -0.2) is 9.97 Å². The monoisotopic (exact) mass is 213 g/mol. The molecule has 2 rings (SSSR count). The summed E-state index contributed by atoms with van der Waals surface area (Å²) in [6.45, 7) is 3.92. The predicted octanol–water partition coefficient (Wildman–Crippen LogP) is 2.14. The van der Waals surface area contributed by atoms with Gasteiger partial charge in [0.2, 0.25) is 0 Å². The number of pyridine rings is 2. The van der Waals surface area contributed by atoms with Crippen molar-refractivity contribution in [1.82, 2.24) is 9.97 Å². The fourth-order valence-corrected chi connectivity index (χ4v) is 1.63. The Labute approximate surface area is 95.4 Å². The van der Waals surface area contributed by atoms with E-state index in [2.05, 4.69) is 9.97 Å².